The summed E-state index contributed by atoms with van der Waals surface area (Å²) in [6, 6.07) is 12.1. The predicted molar refractivity (Wildman–Crippen MR) is 92.6 cm³/mol. The lowest BCUT2D eigenvalue weighted by molar-refractivity contribution is -0.122. The number of hydrogen-bond acceptors (Lipinski definition) is 2. The van der Waals surface area contributed by atoms with Crippen molar-refractivity contribution >= 4 is 38.3 Å². The Kier molecular flexibility index (Phi) is 5.23. The highest BCUT2D eigenvalue weighted by molar-refractivity contribution is 9.10. The Bertz CT molecular complexity index is 642. The molecule has 2 unspecified atom stereocenters. The van der Waals surface area contributed by atoms with E-state index in [0.29, 0.717) is 0 Å². The van der Waals surface area contributed by atoms with Gasteiger partial charge >= 0.3 is 0 Å². The van der Waals surface area contributed by atoms with Crippen LogP contribution in [0.3, 0.4) is 0 Å². The second kappa shape index (κ2) is 6.94. The topological polar surface area (TPSA) is 41.1 Å². The molecule has 21 heavy (non-hydrogen) atoms. The molecule has 0 aliphatic rings. The van der Waals surface area contributed by atoms with Gasteiger partial charge in [-0.05, 0) is 37.8 Å². The Morgan fingerprint density at radius 2 is 1.81 bits per heavy atom. The summed E-state index contributed by atoms with van der Waals surface area (Å²) >= 11 is 3.56. The van der Waals surface area contributed by atoms with Crippen LogP contribution < -0.4 is 10.6 Å². The molecule has 0 bridgehead atoms. The van der Waals surface area contributed by atoms with Gasteiger partial charge in [0.1, 0.15) is 6.04 Å². The van der Waals surface area contributed by atoms with E-state index < -0.39 is 0 Å². The van der Waals surface area contributed by atoms with E-state index in [9.17, 15) is 4.79 Å². The van der Waals surface area contributed by atoms with Crippen molar-refractivity contribution in [1.29, 1.82) is 0 Å². The molecule has 112 valence electrons. The number of hydrogen-bond donors (Lipinski definition) is 2. The maximum absolute atomic E-state index is 12.1. The molecule has 2 N–H and O–H groups in total. The molecule has 2 aromatic carbocycles. The number of carbonyl (C=O) groups excluding carboxylic acids is 1. The highest BCUT2D eigenvalue weighted by Gasteiger charge is 2.15. The third-order valence-corrected chi connectivity index (χ3v) is 4.33. The van der Waals surface area contributed by atoms with Gasteiger partial charge in [0.15, 0.2) is 0 Å². The molecule has 0 fully saturated rings. The van der Waals surface area contributed by atoms with Crippen LogP contribution in [0.1, 0.15) is 27.2 Å². The highest BCUT2D eigenvalue weighted by Crippen LogP contribution is 2.30. The lowest BCUT2D eigenvalue weighted by Crippen LogP contribution is -2.41. The van der Waals surface area contributed by atoms with Gasteiger partial charge in [0.05, 0.1) is 0 Å². The SMILES string of the molecule is CCC(C)NC(=O)C(C)Nc1ccc(Br)c2ccccc12. The van der Waals surface area contributed by atoms with Crippen molar-refractivity contribution in [2.24, 2.45) is 0 Å². The molecule has 2 atom stereocenters. The Balaban J connectivity index is 2.20. The van der Waals surface area contributed by atoms with Crippen LogP contribution in [0, 0.1) is 0 Å². The largest absolute Gasteiger partial charge is 0.373 e. The molecule has 0 heterocycles. The van der Waals surface area contributed by atoms with Crippen LogP contribution in [0.5, 0.6) is 0 Å². The van der Waals surface area contributed by atoms with E-state index in [-0.39, 0.29) is 18.0 Å². The summed E-state index contributed by atoms with van der Waals surface area (Å²) in [4.78, 5) is 12.1. The predicted octanol–water partition coefficient (Wildman–Crippen LogP) is 4.32. The summed E-state index contributed by atoms with van der Waals surface area (Å²) in [5.74, 6) is 0.0244. The van der Waals surface area contributed by atoms with Crippen LogP contribution in [-0.2, 0) is 4.79 Å². The van der Waals surface area contributed by atoms with Crippen LogP contribution in [0.15, 0.2) is 40.9 Å². The number of rotatable bonds is 5. The van der Waals surface area contributed by atoms with Crippen molar-refractivity contribution in [3.8, 4) is 0 Å². The number of anilines is 1. The molecule has 0 aliphatic carbocycles. The molecule has 0 spiro atoms. The third kappa shape index (κ3) is 3.76. The summed E-state index contributed by atoms with van der Waals surface area (Å²) in [5, 5.41) is 8.55. The highest BCUT2D eigenvalue weighted by atomic mass is 79.9. The maximum atomic E-state index is 12.1. The van der Waals surface area contributed by atoms with E-state index in [1.165, 1.54) is 0 Å². The lowest BCUT2D eigenvalue weighted by atomic mass is 10.1. The first-order valence-corrected chi connectivity index (χ1v) is 8.06. The summed E-state index contributed by atoms with van der Waals surface area (Å²) in [7, 11) is 0. The quantitative estimate of drug-likeness (QED) is 0.844. The summed E-state index contributed by atoms with van der Waals surface area (Å²) in [6.45, 7) is 5.96. The fourth-order valence-electron chi connectivity index (χ4n) is 2.16. The van der Waals surface area contributed by atoms with E-state index in [1.54, 1.807) is 0 Å². The van der Waals surface area contributed by atoms with E-state index in [1.807, 2.05) is 38.1 Å². The Morgan fingerprint density at radius 3 is 2.48 bits per heavy atom. The molecule has 0 aromatic heterocycles. The van der Waals surface area contributed by atoms with Crippen molar-refractivity contribution in [1.82, 2.24) is 5.32 Å². The average Bonchev–Trinajstić information content (AvgIpc) is 2.50. The maximum Gasteiger partial charge on any atom is 0.242 e. The lowest BCUT2D eigenvalue weighted by Gasteiger charge is -2.19. The standard InChI is InChI=1S/C17H21BrN2O/c1-4-11(2)19-17(21)12(3)20-16-10-9-15(18)13-7-5-6-8-14(13)16/h5-12,20H,4H2,1-3H3,(H,19,21). The zero-order chi connectivity index (χ0) is 15.4. The fraction of sp³-hybridized carbons (Fsp3) is 0.353. The summed E-state index contributed by atoms with van der Waals surface area (Å²) in [6.07, 6.45) is 0.930. The second-order valence-electron chi connectivity index (χ2n) is 5.32. The summed E-state index contributed by atoms with van der Waals surface area (Å²) < 4.78 is 1.06. The van der Waals surface area contributed by atoms with Gasteiger partial charge in [-0.3, -0.25) is 4.79 Å². The third-order valence-electron chi connectivity index (χ3n) is 3.64. The van der Waals surface area contributed by atoms with Gasteiger partial charge in [0.2, 0.25) is 5.91 Å². The Morgan fingerprint density at radius 1 is 1.14 bits per heavy atom. The van der Waals surface area contributed by atoms with Crippen molar-refractivity contribution < 1.29 is 4.79 Å². The van der Waals surface area contributed by atoms with Gasteiger partial charge in [-0.2, -0.15) is 0 Å². The van der Waals surface area contributed by atoms with Crippen LogP contribution in [0.4, 0.5) is 5.69 Å². The first kappa shape index (κ1) is 15.8. The molecular formula is C17H21BrN2O. The fourth-order valence-corrected chi connectivity index (χ4v) is 2.63. The van der Waals surface area contributed by atoms with Crippen LogP contribution >= 0.6 is 15.9 Å². The van der Waals surface area contributed by atoms with Gasteiger partial charge in [-0.25, -0.2) is 0 Å². The monoisotopic (exact) mass is 348 g/mol. The van der Waals surface area contributed by atoms with Crippen LogP contribution in [-0.4, -0.2) is 18.0 Å². The molecule has 2 aromatic rings. The van der Waals surface area contributed by atoms with Gasteiger partial charge in [-0.1, -0.05) is 47.1 Å². The smallest absolute Gasteiger partial charge is 0.242 e. The minimum atomic E-state index is -0.274. The molecule has 4 heteroatoms. The number of carbonyl (C=O) groups is 1. The first-order chi connectivity index (χ1) is 10.0. The summed E-state index contributed by atoms with van der Waals surface area (Å²) in [5.41, 5.74) is 0.973. The first-order valence-electron chi connectivity index (χ1n) is 7.27. The van der Waals surface area contributed by atoms with Crippen LogP contribution in [0.25, 0.3) is 10.8 Å². The molecule has 0 saturated carbocycles. The van der Waals surface area contributed by atoms with Gasteiger partial charge in [0.25, 0.3) is 0 Å². The minimum Gasteiger partial charge on any atom is -0.373 e. The Labute approximate surface area is 134 Å². The van der Waals surface area contributed by atoms with Gasteiger partial charge < -0.3 is 10.6 Å². The molecule has 0 saturated heterocycles. The minimum absolute atomic E-state index is 0.0244. The number of amides is 1. The number of nitrogens with one attached hydrogen (secondary N) is 2. The number of halogens is 1. The number of fused-ring (bicyclic) bond motifs is 1. The van der Waals surface area contributed by atoms with Gasteiger partial charge in [0, 0.05) is 21.6 Å². The van der Waals surface area contributed by atoms with E-state index in [0.717, 1.165) is 27.4 Å². The molecule has 3 nitrogen and oxygen atoms in total. The molecule has 0 aliphatic heterocycles. The van der Waals surface area contributed by atoms with E-state index >= 15 is 0 Å². The van der Waals surface area contributed by atoms with E-state index in [4.69, 9.17) is 0 Å². The zero-order valence-corrected chi connectivity index (χ0v) is 14.2. The van der Waals surface area contributed by atoms with Crippen molar-refractivity contribution in [2.75, 3.05) is 5.32 Å². The Hall–Kier alpha value is -1.55. The van der Waals surface area contributed by atoms with Crippen LogP contribution in [0.2, 0.25) is 0 Å². The molecule has 0 radical (unpaired) electrons. The average molecular weight is 349 g/mol. The molecule has 2 rings (SSSR count). The van der Waals surface area contributed by atoms with Crippen molar-refractivity contribution in [3.63, 3.8) is 0 Å². The normalized spacial score (nSPS) is 13.7. The zero-order valence-electron chi connectivity index (χ0n) is 12.6. The molecule has 1 amide bonds. The van der Waals surface area contributed by atoms with Crippen molar-refractivity contribution in [3.05, 3.63) is 40.9 Å². The second-order valence-corrected chi connectivity index (χ2v) is 6.18. The van der Waals surface area contributed by atoms with Crippen molar-refractivity contribution in [2.45, 2.75) is 39.3 Å². The molecular weight excluding hydrogens is 328 g/mol. The van der Waals surface area contributed by atoms with Gasteiger partial charge in [-0.15, -0.1) is 0 Å². The number of benzene rings is 2. The van der Waals surface area contributed by atoms with E-state index in [2.05, 4.69) is 45.6 Å².